The van der Waals surface area contributed by atoms with Gasteiger partial charge in [0.2, 0.25) is 0 Å². The van der Waals surface area contributed by atoms with Crippen molar-refractivity contribution < 1.29 is 9.13 Å². The van der Waals surface area contributed by atoms with E-state index in [1.807, 2.05) is 27.1 Å². The number of guanidine groups is 1. The molecule has 1 aromatic carbocycles. The van der Waals surface area contributed by atoms with Gasteiger partial charge < -0.3 is 20.3 Å². The number of halogens is 2. The van der Waals surface area contributed by atoms with Crippen molar-refractivity contribution in [2.75, 3.05) is 40.3 Å². The van der Waals surface area contributed by atoms with Gasteiger partial charge in [0.15, 0.2) is 5.96 Å². The van der Waals surface area contributed by atoms with Gasteiger partial charge in [-0.1, -0.05) is 12.1 Å². The first-order chi connectivity index (χ1) is 11.9. The molecule has 0 aromatic heterocycles. The average molecular weight is 478 g/mol. The molecule has 1 saturated heterocycles. The van der Waals surface area contributed by atoms with Gasteiger partial charge in [0, 0.05) is 19.7 Å². The van der Waals surface area contributed by atoms with E-state index >= 15 is 0 Å². The summed E-state index contributed by atoms with van der Waals surface area (Å²) in [5.41, 5.74) is 0.783. The van der Waals surface area contributed by atoms with E-state index in [1.54, 1.807) is 12.1 Å². The van der Waals surface area contributed by atoms with E-state index in [-0.39, 0.29) is 41.4 Å². The van der Waals surface area contributed by atoms with E-state index in [0.29, 0.717) is 13.1 Å². The molecule has 2 unspecified atom stereocenters. The fourth-order valence-electron chi connectivity index (χ4n) is 3.06. The van der Waals surface area contributed by atoms with Crippen LogP contribution in [0.4, 0.5) is 4.39 Å². The van der Waals surface area contributed by atoms with Crippen molar-refractivity contribution in [1.29, 1.82) is 0 Å². The van der Waals surface area contributed by atoms with Crippen molar-refractivity contribution in [1.82, 2.24) is 15.5 Å². The molecule has 2 rings (SSSR count). The molecule has 0 aliphatic carbocycles. The molecule has 1 aliphatic heterocycles. The van der Waals surface area contributed by atoms with Crippen LogP contribution in [0.1, 0.15) is 38.3 Å². The summed E-state index contributed by atoms with van der Waals surface area (Å²) in [4.78, 5) is 6.76. The third-order valence-electron chi connectivity index (χ3n) is 4.54. The monoisotopic (exact) mass is 478 g/mol. The SMILES string of the molecule is CCNC(=NCC1(C)CCCO1)NCC(c1cccc(F)c1)N(C)C.I. The van der Waals surface area contributed by atoms with E-state index < -0.39 is 0 Å². The molecule has 26 heavy (non-hydrogen) atoms. The highest BCUT2D eigenvalue weighted by atomic mass is 127. The Labute approximate surface area is 173 Å². The van der Waals surface area contributed by atoms with Gasteiger partial charge in [0.1, 0.15) is 5.82 Å². The lowest BCUT2D eigenvalue weighted by Gasteiger charge is -2.26. The van der Waals surface area contributed by atoms with Crippen LogP contribution in [0, 0.1) is 5.82 Å². The van der Waals surface area contributed by atoms with Crippen LogP contribution < -0.4 is 10.6 Å². The topological polar surface area (TPSA) is 48.9 Å². The summed E-state index contributed by atoms with van der Waals surface area (Å²) in [6.07, 6.45) is 2.14. The molecule has 1 aromatic rings. The van der Waals surface area contributed by atoms with Crippen molar-refractivity contribution in [2.24, 2.45) is 4.99 Å². The molecule has 1 aliphatic rings. The van der Waals surface area contributed by atoms with Crippen LogP contribution in [0.3, 0.4) is 0 Å². The number of rotatable bonds is 7. The fourth-order valence-corrected chi connectivity index (χ4v) is 3.06. The van der Waals surface area contributed by atoms with Crippen molar-refractivity contribution >= 4 is 29.9 Å². The lowest BCUT2D eigenvalue weighted by Crippen LogP contribution is -2.42. The van der Waals surface area contributed by atoms with Gasteiger partial charge in [-0.2, -0.15) is 0 Å². The minimum absolute atomic E-state index is 0. The lowest BCUT2D eigenvalue weighted by atomic mass is 10.0. The number of likely N-dealkylation sites (N-methyl/N-ethyl adjacent to an activating group) is 1. The van der Waals surface area contributed by atoms with E-state index in [9.17, 15) is 4.39 Å². The summed E-state index contributed by atoms with van der Waals surface area (Å²) in [5, 5.41) is 6.65. The average Bonchev–Trinajstić information content (AvgIpc) is 2.99. The van der Waals surface area contributed by atoms with Crippen LogP contribution in [-0.4, -0.2) is 56.8 Å². The van der Waals surface area contributed by atoms with Gasteiger partial charge in [-0.25, -0.2) is 4.39 Å². The van der Waals surface area contributed by atoms with Gasteiger partial charge in [-0.05, 0) is 58.5 Å². The van der Waals surface area contributed by atoms with E-state index in [2.05, 4.69) is 27.4 Å². The predicted molar refractivity (Wildman–Crippen MR) is 116 cm³/mol. The van der Waals surface area contributed by atoms with Gasteiger partial charge in [-0.15, -0.1) is 24.0 Å². The summed E-state index contributed by atoms with van der Waals surface area (Å²) in [7, 11) is 3.99. The number of hydrogen-bond donors (Lipinski definition) is 2. The van der Waals surface area contributed by atoms with Crippen molar-refractivity contribution in [3.05, 3.63) is 35.6 Å². The Morgan fingerprint density at radius 2 is 2.15 bits per heavy atom. The first-order valence-corrected chi connectivity index (χ1v) is 9.01. The maximum Gasteiger partial charge on any atom is 0.191 e. The zero-order chi connectivity index (χ0) is 18.3. The normalized spacial score (nSPS) is 21.4. The molecule has 2 N–H and O–H groups in total. The Balaban J connectivity index is 0.00000338. The van der Waals surface area contributed by atoms with Crippen LogP contribution in [0.2, 0.25) is 0 Å². The summed E-state index contributed by atoms with van der Waals surface area (Å²) in [6.45, 7) is 7.03. The van der Waals surface area contributed by atoms with Gasteiger partial charge in [0.05, 0.1) is 18.2 Å². The molecule has 1 heterocycles. The zero-order valence-corrected chi connectivity index (χ0v) is 18.5. The highest BCUT2D eigenvalue weighted by molar-refractivity contribution is 14.0. The van der Waals surface area contributed by atoms with Gasteiger partial charge in [-0.3, -0.25) is 4.99 Å². The second kappa shape index (κ2) is 11.0. The Hall–Kier alpha value is -0.930. The largest absolute Gasteiger partial charge is 0.373 e. The fraction of sp³-hybridized carbons (Fsp3) is 0.632. The third-order valence-corrected chi connectivity index (χ3v) is 4.54. The molecular weight excluding hydrogens is 446 g/mol. The maximum atomic E-state index is 13.6. The summed E-state index contributed by atoms with van der Waals surface area (Å²) in [6, 6.07) is 6.81. The Morgan fingerprint density at radius 1 is 1.38 bits per heavy atom. The third kappa shape index (κ3) is 7.00. The highest BCUT2D eigenvalue weighted by Crippen LogP contribution is 2.25. The summed E-state index contributed by atoms with van der Waals surface area (Å²) in [5.74, 6) is 0.554. The first kappa shape index (κ1) is 23.1. The first-order valence-electron chi connectivity index (χ1n) is 9.01. The number of aliphatic imine (C=N–C) groups is 1. The minimum Gasteiger partial charge on any atom is -0.373 e. The van der Waals surface area contributed by atoms with Gasteiger partial charge in [0.25, 0.3) is 0 Å². The van der Waals surface area contributed by atoms with Crippen molar-refractivity contribution in [3.63, 3.8) is 0 Å². The second-order valence-corrected chi connectivity index (χ2v) is 7.01. The predicted octanol–water partition coefficient (Wildman–Crippen LogP) is 3.17. The van der Waals surface area contributed by atoms with Crippen LogP contribution in [-0.2, 0) is 4.74 Å². The maximum absolute atomic E-state index is 13.6. The summed E-state index contributed by atoms with van der Waals surface area (Å²) >= 11 is 0. The van der Waals surface area contributed by atoms with E-state index in [0.717, 1.165) is 37.5 Å². The Morgan fingerprint density at radius 3 is 2.73 bits per heavy atom. The molecule has 0 spiro atoms. The number of nitrogens with one attached hydrogen (secondary N) is 2. The quantitative estimate of drug-likeness (QED) is 0.359. The highest BCUT2D eigenvalue weighted by Gasteiger charge is 2.29. The molecule has 2 atom stereocenters. The standard InChI is InChI=1S/C19H31FN4O.HI/c1-5-21-18(23-14-19(2)10-7-11-25-19)22-13-17(24(3)4)15-8-6-9-16(20)12-15;/h6,8-9,12,17H,5,7,10-11,13-14H2,1-4H3,(H2,21,22,23);1H. The molecule has 0 amide bonds. The number of hydrogen-bond acceptors (Lipinski definition) is 3. The number of benzene rings is 1. The van der Waals surface area contributed by atoms with E-state index in [4.69, 9.17) is 4.74 Å². The molecule has 1 fully saturated rings. The molecular formula is C19H32FIN4O. The van der Waals surface area contributed by atoms with Crippen molar-refractivity contribution in [3.8, 4) is 0 Å². The van der Waals surface area contributed by atoms with Gasteiger partial charge >= 0.3 is 0 Å². The number of nitrogens with zero attached hydrogens (tertiary/aromatic N) is 2. The molecule has 5 nitrogen and oxygen atoms in total. The molecule has 0 bridgehead atoms. The Bertz CT molecular complexity index is 576. The van der Waals surface area contributed by atoms with Crippen molar-refractivity contribution in [2.45, 2.75) is 38.3 Å². The number of ether oxygens (including phenoxy) is 1. The lowest BCUT2D eigenvalue weighted by molar-refractivity contribution is 0.0283. The smallest absolute Gasteiger partial charge is 0.191 e. The zero-order valence-electron chi connectivity index (χ0n) is 16.2. The van der Waals surface area contributed by atoms with Crippen LogP contribution in [0.15, 0.2) is 29.3 Å². The Kier molecular flexibility index (Phi) is 9.81. The molecule has 7 heteroatoms. The minimum atomic E-state index is -0.212. The van der Waals surface area contributed by atoms with Crippen LogP contribution >= 0.6 is 24.0 Å². The van der Waals surface area contributed by atoms with E-state index in [1.165, 1.54) is 6.07 Å². The van der Waals surface area contributed by atoms with Crippen LogP contribution in [0.25, 0.3) is 0 Å². The second-order valence-electron chi connectivity index (χ2n) is 7.01. The summed E-state index contributed by atoms with van der Waals surface area (Å²) < 4.78 is 19.4. The molecule has 0 radical (unpaired) electrons. The molecule has 0 saturated carbocycles. The van der Waals surface area contributed by atoms with Crippen LogP contribution in [0.5, 0.6) is 0 Å². The molecule has 148 valence electrons.